The van der Waals surface area contributed by atoms with Crippen molar-refractivity contribution in [3.05, 3.63) is 50.9 Å². The maximum Gasteiger partial charge on any atom is 0.0798 e. The smallest absolute Gasteiger partial charge is 0.0798 e. The summed E-state index contributed by atoms with van der Waals surface area (Å²) in [4.78, 5) is 5.59. The van der Waals surface area contributed by atoms with Gasteiger partial charge >= 0.3 is 0 Å². The van der Waals surface area contributed by atoms with Gasteiger partial charge < -0.3 is 5.32 Å². The molecule has 0 fully saturated rings. The number of hydrogen-bond acceptors (Lipinski definition) is 3. The van der Waals surface area contributed by atoms with Gasteiger partial charge in [0, 0.05) is 9.90 Å². The molecule has 0 radical (unpaired) electrons. The lowest BCUT2D eigenvalue weighted by molar-refractivity contribution is 0.635. The van der Waals surface area contributed by atoms with E-state index in [4.69, 9.17) is 11.6 Å². The summed E-state index contributed by atoms with van der Waals surface area (Å²) in [6.45, 7) is 5.08. The van der Waals surface area contributed by atoms with Crippen LogP contribution in [0.5, 0.6) is 0 Å². The lowest BCUT2D eigenvalue weighted by atomic mass is 10.0. The molecule has 1 aromatic heterocycles. The van der Waals surface area contributed by atoms with Crippen molar-refractivity contribution in [3.63, 3.8) is 0 Å². The van der Waals surface area contributed by atoms with Crippen molar-refractivity contribution in [1.29, 1.82) is 0 Å². The van der Waals surface area contributed by atoms with E-state index in [1.165, 1.54) is 10.4 Å². The highest BCUT2D eigenvalue weighted by molar-refractivity contribution is 7.09. The van der Waals surface area contributed by atoms with Gasteiger partial charge in [-0.05, 0) is 31.2 Å². The first-order valence-corrected chi connectivity index (χ1v) is 6.87. The zero-order valence-corrected chi connectivity index (χ0v) is 11.5. The van der Waals surface area contributed by atoms with E-state index in [1.54, 1.807) is 11.3 Å². The number of hydrogen-bond donors (Lipinski definition) is 1. The maximum absolute atomic E-state index is 5.92. The van der Waals surface area contributed by atoms with E-state index < -0.39 is 0 Å². The summed E-state index contributed by atoms with van der Waals surface area (Å²) in [5.41, 5.74) is 4.21. The van der Waals surface area contributed by atoms with Crippen LogP contribution < -0.4 is 5.32 Å². The van der Waals surface area contributed by atoms with E-state index in [-0.39, 0.29) is 6.04 Å². The fourth-order valence-corrected chi connectivity index (χ4v) is 2.84. The van der Waals surface area contributed by atoms with Crippen LogP contribution in [0.25, 0.3) is 0 Å². The molecule has 0 amide bonds. The van der Waals surface area contributed by atoms with Crippen molar-refractivity contribution < 1.29 is 0 Å². The zero-order valence-electron chi connectivity index (χ0n) is 9.90. The molecule has 2 rings (SSSR count). The van der Waals surface area contributed by atoms with Crippen LogP contribution in [-0.4, -0.2) is 11.5 Å². The first kappa shape index (κ1) is 12.6. The number of rotatable bonds is 4. The van der Waals surface area contributed by atoms with Crippen LogP contribution in [0.2, 0.25) is 5.02 Å². The summed E-state index contributed by atoms with van der Waals surface area (Å²) >= 11 is 7.61. The molecule has 1 unspecified atom stereocenters. The Morgan fingerprint density at radius 1 is 1.35 bits per heavy atom. The Kier molecular flexibility index (Phi) is 4.15. The van der Waals surface area contributed by atoms with Gasteiger partial charge in [0.2, 0.25) is 0 Å². The van der Waals surface area contributed by atoms with Crippen molar-refractivity contribution in [2.45, 2.75) is 19.9 Å². The Morgan fingerprint density at radius 3 is 2.59 bits per heavy atom. The molecule has 0 saturated heterocycles. The number of aryl methyl sites for hydroxylation is 1. The van der Waals surface area contributed by atoms with Crippen molar-refractivity contribution >= 4 is 22.9 Å². The SMILES string of the molecule is CCNC(c1ccc(Cl)cc1)c1scnc1C. The molecule has 0 aliphatic rings. The van der Waals surface area contributed by atoms with E-state index in [0.29, 0.717) is 0 Å². The highest BCUT2D eigenvalue weighted by Gasteiger charge is 2.16. The van der Waals surface area contributed by atoms with E-state index in [9.17, 15) is 0 Å². The number of nitrogens with one attached hydrogen (secondary N) is 1. The topological polar surface area (TPSA) is 24.9 Å². The minimum atomic E-state index is 0.213. The molecule has 1 aromatic carbocycles. The molecule has 0 bridgehead atoms. The van der Waals surface area contributed by atoms with Crippen LogP contribution in [0.4, 0.5) is 0 Å². The molecule has 0 spiro atoms. The average Bonchev–Trinajstić information content (AvgIpc) is 2.74. The number of aromatic nitrogens is 1. The summed E-state index contributed by atoms with van der Waals surface area (Å²) in [5, 5.41) is 4.26. The van der Waals surface area contributed by atoms with E-state index in [1.807, 2.05) is 24.6 Å². The average molecular weight is 267 g/mol. The van der Waals surface area contributed by atoms with Gasteiger partial charge in [0.05, 0.1) is 17.2 Å². The first-order chi connectivity index (χ1) is 8.22. The second kappa shape index (κ2) is 5.63. The lowest BCUT2D eigenvalue weighted by Crippen LogP contribution is -2.21. The summed E-state index contributed by atoms with van der Waals surface area (Å²) in [7, 11) is 0. The maximum atomic E-state index is 5.92. The predicted octanol–water partition coefficient (Wildman–Crippen LogP) is 3.80. The summed E-state index contributed by atoms with van der Waals surface area (Å²) in [5.74, 6) is 0. The van der Waals surface area contributed by atoms with Crippen LogP contribution in [0.15, 0.2) is 29.8 Å². The zero-order chi connectivity index (χ0) is 12.3. The van der Waals surface area contributed by atoms with E-state index in [0.717, 1.165) is 17.3 Å². The van der Waals surface area contributed by atoms with Gasteiger partial charge in [-0.25, -0.2) is 4.98 Å². The molecule has 17 heavy (non-hydrogen) atoms. The van der Waals surface area contributed by atoms with Gasteiger partial charge in [-0.15, -0.1) is 11.3 Å². The molecule has 1 N–H and O–H groups in total. The number of halogens is 1. The van der Waals surface area contributed by atoms with Gasteiger partial charge in [-0.1, -0.05) is 30.7 Å². The normalized spacial score (nSPS) is 12.6. The van der Waals surface area contributed by atoms with Gasteiger partial charge in [0.25, 0.3) is 0 Å². The Balaban J connectivity index is 2.35. The van der Waals surface area contributed by atoms with E-state index >= 15 is 0 Å². The van der Waals surface area contributed by atoms with Crippen molar-refractivity contribution in [2.24, 2.45) is 0 Å². The summed E-state index contributed by atoms with van der Waals surface area (Å²) in [6.07, 6.45) is 0. The number of thiazole rings is 1. The van der Waals surface area contributed by atoms with Gasteiger partial charge in [0.1, 0.15) is 0 Å². The number of nitrogens with zero attached hydrogens (tertiary/aromatic N) is 1. The Morgan fingerprint density at radius 2 is 2.06 bits per heavy atom. The molecule has 2 aromatic rings. The molecule has 2 nitrogen and oxygen atoms in total. The molecule has 0 saturated carbocycles. The highest BCUT2D eigenvalue weighted by Crippen LogP contribution is 2.28. The molecule has 0 aliphatic heterocycles. The number of benzene rings is 1. The third-order valence-corrected chi connectivity index (χ3v) is 3.90. The minimum absolute atomic E-state index is 0.213. The molecule has 1 atom stereocenters. The quantitative estimate of drug-likeness (QED) is 0.910. The second-order valence-electron chi connectivity index (χ2n) is 3.84. The van der Waals surface area contributed by atoms with Crippen LogP contribution in [0, 0.1) is 6.92 Å². The van der Waals surface area contributed by atoms with Crippen molar-refractivity contribution in [1.82, 2.24) is 10.3 Å². The summed E-state index contributed by atoms with van der Waals surface area (Å²) in [6, 6.07) is 8.20. The van der Waals surface area contributed by atoms with Gasteiger partial charge in [-0.2, -0.15) is 0 Å². The van der Waals surface area contributed by atoms with Gasteiger partial charge in [0.15, 0.2) is 0 Å². The lowest BCUT2D eigenvalue weighted by Gasteiger charge is -2.17. The van der Waals surface area contributed by atoms with Crippen LogP contribution in [0.3, 0.4) is 0 Å². The second-order valence-corrected chi connectivity index (χ2v) is 5.17. The fourth-order valence-electron chi connectivity index (χ4n) is 1.81. The summed E-state index contributed by atoms with van der Waals surface area (Å²) < 4.78 is 0. The monoisotopic (exact) mass is 266 g/mol. The van der Waals surface area contributed by atoms with Crippen LogP contribution >= 0.6 is 22.9 Å². The van der Waals surface area contributed by atoms with Crippen molar-refractivity contribution in [3.8, 4) is 0 Å². The van der Waals surface area contributed by atoms with Crippen LogP contribution in [-0.2, 0) is 0 Å². The third kappa shape index (κ3) is 2.86. The third-order valence-electron chi connectivity index (χ3n) is 2.66. The van der Waals surface area contributed by atoms with Crippen molar-refractivity contribution in [2.75, 3.05) is 6.54 Å². The Hall–Kier alpha value is -0.900. The standard InChI is InChI=1S/C13H15ClN2S/c1-3-15-12(13-9(2)16-8-17-13)10-4-6-11(14)7-5-10/h4-8,12,15H,3H2,1-2H3. The largest absolute Gasteiger partial charge is 0.306 e. The van der Waals surface area contributed by atoms with Crippen LogP contribution in [0.1, 0.15) is 29.1 Å². The van der Waals surface area contributed by atoms with Gasteiger partial charge in [-0.3, -0.25) is 0 Å². The molecule has 4 heteroatoms. The Bertz CT molecular complexity index is 478. The van der Waals surface area contributed by atoms with E-state index in [2.05, 4.69) is 29.4 Å². The molecule has 0 aliphatic carbocycles. The predicted molar refractivity (Wildman–Crippen MR) is 73.8 cm³/mol. The highest BCUT2D eigenvalue weighted by atomic mass is 35.5. The minimum Gasteiger partial charge on any atom is -0.306 e. The Labute approximate surface area is 111 Å². The molecule has 90 valence electrons. The molecular weight excluding hydrogens is 252 g/mol. The fraction of sp³-hybridized carbons (Fsp3) is 0.308. The first-order valence-electron chi connectivity index (χ1n) is 5.61. The molecular formula is C13H15ClN2S. The molecule has 1 heterocycles.